The molecule has 4 rings (SSSR count). The summed E-state index contributed by atoms with van der Waals surface area (Å²) in [6, 6.07) is 19.8. The van der Waals surface area contributed by atoms with Gasteiger partial charge in [-0.3, -0.25) is 4.79 Å². The van der Waals surface area contributed by atoms with Crippen molar-refractivity contribution in [3.8, 4) is 0 Å². The molecule has 0 saturated heterocycles. The molecule has 1 saturated carbocycles. The molecular weight excluding hydrogens is 494 g/mol. The van der Waals surface area contributed by atoms with Crippen LogP contribution in [0.4, 0.5) is 8.78 Å². The lowest BCUT2D eigenvalue weighted by Crippen LogP contribution is -2.40. The first-order chi connectivity index (χ1) is 17.8. The number of benzene rings is 3. The fraction of sp³-hybridized carbons (Fsp3) is 0.345. The molecule has 0 aliphatic heterocycles. The lowest BCUT2D eigenvalue weighted by molar-refractivity contribution is -0.121. The molecule has 0 radical (unpaired) electrons. The van der Waals surface area contributed by atoms with E-state index in [0.717, 1.165) is 49.8 Å². The Balaban J connectivity index is 1.46. The molecule has 3 aromatic rings. The van der Waals surface area contributed by atoms with Crippen molar-refractivity contribution >= 4 is 16.4 Å². The topological polar surface area (TPSA) is 57.7 Å². The predicted octanol–water partition coefficient (Wildman–Crippen LogP) is 5.68. The highest BCUT2D eigenvalue weighted by Crippen LogP contribution is 2.31. The van der Waals surface area contributed by atoms with Crippen LogP contribution in [0.3, 0.4) is 0 Å². The van der Waals surface area contributed by atoms with Crippen LogP contribution in [0.15, 0.2) is 77.7 Å². The fourth-order valence-corrected chi connectivity index (χ4v) is 6.46. The number of nitrogens with zero attached hydrogens (tertiary/aromatic N) is 2. The van der Waals surface area contributed by atoms with E-state index in [4.69, 9.17) is 0 Å². The molecule has 1 aliphatic rings. The van der Waals surface area contributed by atoms with E-state index < -0.39 is 21.7 Å². The first-order valence-electron chi connectivity index (χ1n) is 12.5. The summed E-state index contributed by atoms with van der Waals surface area (Å²) in [5.41, 5.74) is 2.63. The normalized spacial score (nSPS) is 18.1. The van der Waals surface area contributed by atoms with Gasteiger partial charge in [-0.2, -0.15) is 4.31 Å². The predicted molar refractivity (Wildman–Crippen MR) is 139 cm³/mol. The summed E-state index contributed by atoms with van der Waals surface area (Å²) in [5, 5.41) is 0. The zero-order valence-corrected chi connectivity index (χ0v) is 21.7. The summed E-state index contributed by atoms with van der Waals surface area (Å²) in [5.74, 6) is -1.88. The van der Waals surface area contributed by atoms with Gasteiger partial charge in [0.05, 0.1) is 4.90 Å². The summed E-state index contributed by atoms with van der Waals surface area (Å²) in [7, 11) is -3.85. The fourth-order valence-electron chi connectivity index (χ4n) is 4.93. The smallest absolute Gasteiger partial charge is 0.243 e. The largest absolute Gasteiger partial charge is 0.338 e. The van der Waals surface area contributed by atoms with E-state index in [-0.39, 0.29) is 29.9 Å². The molecule has 0 atom stereocenters. The number of carbonyl (C=O) groups is 1. The van der Waals surface area contributed by atoms with Crippen LogP contribution in [0, 0.1) is 24.5 Å². The number of sulfonamides is 1. The summed E-state index contributed by atoms with van der Waals surface area (Å²) in [6.45, 7) is 2.78. The number of hydrogen-bond donors (Lipinski definition) is 0. The monoisotopic (exact) mass is 526 g/mol. The first-order valence-corrected chi connectivity index (χ1v) is 14.0. The molecule has 3 aromatic carbocycles. The summed E-state index contributed by atoms with van der Waals surface area (Å²) < 4.78 is 55.7. The summed E-state index contributed by atoms with van der Waals surface area (Å²) >= 11 is 0. The van der Waals surface area contributed by atoms with Crippen molar-refractivity contribution in [2.75, 3.05) is 6.54 Å². The SMILES string of the molecule is Cc1ccc(CN(C=O)C2CCC(CN(Cc3ccc(F)c(F)c3)S(=O)(=O)c3ccccc3)CC2)cc1. The van der Waals surface area contributed by atoms with Gasteiger partial charge < -0.3 is 4.90 Å². The lowest BCUT2D eigenvalue weighted by Gasteiger charge is -2.36. The minimum Gasteiger partial charge on any atom is -0.338 e. The summed E-state index contributed by atoms with van der Waals surface area (Å²) in [4.78, 5) is 13.9. The van der Waals surface area contributed by atoms with Gasteiger partial charge in [-0.1, -0.05) is 54.1 Å². The molecule has 5 nitrogen and oxygen atoms in total. The van der Waals surface area contributed by atoms with E-state index in [1.54, 1.807) is 18.2 Å². The number of carbonyl (C=O) groups excluding carboxylic acids is 1. The number of halogens is 2. The highest BCUT2D eigenvalue weighted by molar-refractivity contribution is 7.89. The van der Waals surface area contributed by atoms with Gasteiger partial charge in [0.25, 0.3) is 0 Å². The van der Waals surface area contributed by atoms with E-state index in [0.29, 0.717) is 12.1 Å². The molecule has 0 aromatic heterocycles. The third-order valence-corrected chi connectivity index (χ3v) is 8.92. The Hall–Kier alpha value is -3.10. The van der Waals surface area contributed by atoms with Crippen LogP contribution in [0.5, 0.6) is 0 Å². The Morgan fingerprint density at radius 3 is 2.11 bits per heavy atom. The van der Waals surface area contributed by atoms with Crippen LogP contribution >= 0.6 is 0 Å². The molecular formula is C29H32F2N2O3S. The van der Waals surface area contributed by atoms with Gasteiger partial charge in [0, 0.05) is 25.7 Å². The van der Waals surface area contributed by atoms with Crippen LogP contribution in [-0.2, 0) is 27.9 Å². The third-order valence-electron chi connectivity index (χ3n) is 7.09. The second-order valence-electron chi connectivity index (χ2n) is 9.80. The van der Waals surface area contributed by atoms with Crippen molar-refractivity contribution in [2.24, 2.45) is 5.92 Å². The number of hydrogen-bond acceptors (Lipinski definition) is 3. The number of rotatable bonds is 10. The molecule has 0 unspecified atom stereocenters. The lowest BCUT2D eigenvalue weighted by atomic mass is 9.85. The molecule has 37 heavy (non-hydrogen) atoms. The maximum atomic E-state index is 13.9. The van der Waals surface area contributed by atoms with Crippen molar-refractivity contribution in [3.05, 3.63) is 101 Å². The van der Waals surface area contributed by atoms with Crippen LogP contribution < -0.4 is 0 Å². The number of aryl methyl sites for hydroxylation is 1. The van der Waals surface area contributed by atoms with Gasteiger partial charge in [0.1, 0.15) is 0 Å². The van der Waals surface area contributed by atoms with Crippen LogP contribution in [0.1, 0.15) is 42.4 Å². The molecule has 1 fully saturated rings. The highest BCUT2D eigenvalue weighted by Gasteiger charge is 2.31. The molecule has 196 valence electrons. The quantitative estimate of drug-likeness (QED) is 0.319. The maximum Gasteiger partial charge on any atom is 0.243 e. The van der Waals surface area contributed by atoms with E-state index >= 15 is 0 Å². The van der Waals surface area contributed by atoms with Crippen LogP contribution in [0.25, 0.3) is 0 Å². The second-order valence-corrected chi connectivity index (χ2v) is 11.7. The first kappa shape index (κ1) is 26.9. The molecule has 1 aliphatic carbocycles. The van der Waals surface area contributed by atoms with Gasteiger partial charge in [0.15, 0.2) is 11.6 Å². The molecule has 0 N–H and O–H groups in total. The Morgan fingerprint density at radius 2 is 1.49 bits per heavy atom. The van der Waals surface area contributed by atoms with Crippen molar-refractivity contribution in [3.63, 3.8) is 0 Å². The molecule has 1 amide bonds. The Kier molecular flexibility index (Phi) is 8.71. The van der Waals surface area contributed by atoms with E-state index in [2.05, 4.69) is 0 Å². The van der Waals surface area contributed by atoms with Gasteiger partial charge in [-0.15, -0.1) is 0 Å². The second kappa shape index (κ2) is 12.0. The van der Waals surface area contributed by atoms with Crippen molar-refractivity contribution in [1.29, 1.82) is 0 Å². The zero-order chi connectivity index (χ0) is 26.4. The molecule has 0 spiro atoms. The van der Waals surface area contributed by atoms with Gasteiger partial charge in [-0.25, -0.2) is 17.2 Å². The highest BCUT2D eigenvalue weighted by atomic mass is 32.2. The average Bonchev–Trinajstić information content (AvgIpc) is 2.91. The Morgan fingerprint density at radius 1 is 0.838 bits per heavy atom. The molecule has 0 bridgehead atoms. The third kappa shape index (κ3) is 6.81. The Labute approximate surface area is 217 Å². The minimum absolute atomic E-state index is 0.0533. The summed E-state index contributed by atoms with van der Waals surface area (Å²) in [6.07, 6.45) is 3.99. The number of amides is 1. The van der Waals surface area contributed by atoms with Crippen molar-refractivity contribution < 1.29 is 22.0 Å². The Bertz CT molecular complexity index is 1290. The minimum atomic E-state index is -3.85. The van der Waals surface area contributed by atoms with E-state index in [1.165, 1.54) is 28.1 Å². The van der Waals surface area contributed by atoms with Crippen LogP contribution in [-0.4, -0.2) is 36.6 Å². The molecule has 0 heterocycles. The zero-order valence-electron chi connectivity index (χ0n) is 20.9. The average molecular weight is 527 g/mol. The van der Waals surface area contributed by atoms with Gasteiger partial charge in [-0.05, 0) is 73.9 Å². The van der Waals surface area contributed by atoms with E-state index in [1.807, 2.05) is 36.1 Å². The van der Waals surface area contributed by atoms with E-state index in [9.17, 15) is 22.0 Å². The van der Waals surface area contributed by atoms with Crippen molar-refractivity contribution in [2.45, 2.75) is 56.6 Å². The molecule has 8 heteroatoms. The standard InChI is InChI=1S/C29H32F2N2O3S/c1-22-7-9-23(10-8-22)18-32(21-34)26-14-11-24(12-15-26)19-33(20-25-13-16-28(30)29(31)17-25)37(35,36)27-5-3-2-4-6-27/h2-10,13,16-17,21,24,26H,11-12,14-15,18-20H2,1H3. The van der Waals surface area contributed by atoms with Gasteiger partial charge in [0.2, 0.25) is 16.4 Å². The van der Waals surface area contributed by atoms with Crippen LogP contribution in [0.2, 0.25) is 0 Å². The maximum absolute atomic E-state index is 13.9. The van der Waals surface area contributed by atoms with Crippen molar-refractivity contribution in [1.82, 2.24) is 9.21 Å². The van der Waals surface area contributed by atoms with Gasteiger partial charge >= 0.3 is 0 Å².